The van der Waals surface area contributed by atoms with Gasteiger partial charge in [-0.15, -0.1) is 0 Å². The van der Waals surface area contributed by atoms with Crippen molar-refractivity contribution in [3.63, 3.8) is 0 Å². The molecule has 2 aromatic rings. The molecule has 0 saturated carbocycles. The molecule has 5 heteroatoms. The molecule has 19 heavy (non-hydrogen) atoms. The van der Waals surface area contributed by atoms with Crippen LogP contribution in [0.2, 0.25) is 5.02 Å². The van der Waals surface area contributed by atoms with Gasteiger partial charge < -0.3 is 5.73 Å². The van der Waals surface area contributed by atoms with E-state index in [4.69, 9.17) is 17.3 Å². The van der Waals surface area contributed by atoms with Gasteiger partial charge in [0, 0.05) is 6.04 Å². The van der Waals surface area contributed by atoms with Gasteiger partial charge in [0.2, 0.25) is 0 Å². The van der Waals surface area contributed by atoms with Crippen molar-refractivity contribution >= 4 is 11.6 Å². The van der Waals surface area contributed by atoms with Gasteiger partial charge in [0.15, 0.2) is 5.82 Å². The van der Waals surface area contributed by atoms with E-state index in [0.29, 0.717) is 11.6 Å². The lowest BCUT2D eigenvalue weighted by atomic mass is 10.0. The van der Waals surface area contributed by atoms with E-state index < -0.39 is 5.82 Å². The number of rotatable bonds is 4. The first-order valence-electron chi connectivity index (χ1n) is 6.23. The summed E-state index contributed by atoms with van der Waals surface area (Å²) in [6.45, 7) is 4.20. The number of imidazole rings is 1. The molecular weight excluding hydrogens is 265 g/mol. The monoisotopic (exact) mass is 281 g/mol. The van der Waals surface area contributed by atoms with Gasteiger partial charge in [0.1, 0.15) is 0 Å². The molecular formula is C14H17ClFN3. The molecule has 1 aromatic heterocycles. The van der Waals surface area contributed by atoms with Crippen molar-refractivity contribution in [2.45, 2.75) is 26.3 Å². The lowest BCUT2D eigenvalue weighted by Crippen LogP contribution is -2.17. The van der Waals surface area contributed by atoms with E-state index in [1.165, 1.54) is 6.07 Å². The number of hydrogen-bond acceptors (Lipinski definition) is 2. The molecule has 0 amide bonds. The average molecular weight is 282 g/mol. The van der Waals surface area contributed by atoms with E-state index in [9.17, 15) is 4.39 Å². The van der Waals surface area contributed by atoms with Crippen LogP contribution in [-0.2, 0) is 0 Å². The zero-order valence-corrected chi connectivity index (χ0v) is 11.7. The highest BCUT2D eigenvalue weighted by Crippen LogP contribution is 2.26. The van der Waals surface area contributed by atoms with Gasteiger partial charge in [-0.25, -0.2) is 9.37 Å². The summed E-state index contributed by atoms with van der Waals surface area (Å²) >= 11 is 5.81. The summed E-state index contributed by atoms with van der Waals surface area (Å²) in [4.78, 5) is 4.07. The van der Waals surface area contributed by atoms with Crippen LogP contribution in [0.25, 0.3) is 5.69 Å². The fourth-order valence-electron chi connectivity index (χ4n) is 2.09. The highest BCUT2D eigenvalue weighted by Gasteiger charge is 2.17. The molecule has 0 bridgehead atoms. The van der Waals surface area contributed by atoms with E-state index in [1.807, 2.05) is 0 Å². The van der Waals surface area contributed by atoms with Gasteiger partial charge in [0.25, 0.3) is 0 Å². The van der Waals surface area contributed by atoms with Gasteiger partial charge in [-0.3, -0.25) is 4.57 Å². The van der Waals surface area contributed by atoms with Gasteiger partial charge in [-0.2, -0.15) is 0 Å². The summed E-state index contributed by atoms with van der Waals surface area (Å²) in [5, 5.41) is 0.0922. The van der Waals surface area contributed by atoms with E-state index >= 15 is 0 Å². The first kappa shape index (κ1) is 14.0. The summed E-state index contributed by atoms with van der Waals surface area (Å²) in [6.07, 6.45) is 4.05. The van der Waals surface area contributed by atoms with E-state index in [2.05, 4.69) is 18.8 Å². The Bertz CT molecular complexity index is 566. The molecule has 102 valence electrons. The van der Waals surface area contributed by atoms with Crippen molar-refractivity contribution in [3.8, 4) is 5.69 Å². The number of nitrogens with two attached hydrogens (primary N) is 1. The molecule has 0 fully saturated rings. The van der Waals surface area contributed by atoms with Crippen LogP contribution in [-0.4, -0.2) is 9.55 Å². The molecule has 1 heterocycles. The third kappa shape index (κ3) is 2.96. The van der Waals surface area contributed by atoms with Crippen LogP contribution in [0, 0.1) is 11.7 Å². The second-order valence-electron chi connectivity index (χ2n) is 5.00. The Labute approximate surface area is 117 Å². The Morgan fingerprint density at radius 2 is 2.16 bits per heavy atom. The van der Waals surface area contributed by atoms with Crippen LogP contribution in [0.4, 0.5) is 4.39 Å². The minimum Gasteiger partial charge on any atom is -0.323 e. The maximum atomic E-state index is 14.0. The first-order valence-corrected chi connectivity index (χ1v) is 6.60. The van der Waals surface area contributed by atoms with E-state index in [1.54, 1.807) is 29.2 Å². The third-order valence-electron chi connectivity index (χ3n) is 2.96. The summed E-state index contributed by atoms with van der Waals surface area (Å²) in [5.41, 5.74) is 7.31. The number of nitrogens with zero attached hydrogens (tertiary/aromatic N) is 2. The van der Waals surface area contributed by atoms with Crippen LogP contribution in [0.15, 0.2) is 30.7 Å². The topological polar surface area (TPSA) is 43.8 Å². The number of aromatic nitrogens is 2. The van der Waals surface area contributed by atoms with E-state index in [-0.39, 0.29) is 11.1 Å². The van der Waals surface area contributed by atoms with Crippen LogP contribution in [0.3, 0.4) is 0 Å². The van der Waals surface area contributed by atoms with Crippen molar-refractivity contribution in [1.82, 2.24) is 9.55 Å². The molecule has 1 atom stereocenters. The number of hydrogen-bond donors (Lipinski definition) is 1. The molecule has 1 unspecified atom stereocenters. The molecule has 2 N–H and O–H groups in total. The van der Waals surface area contributed by atoms with Gasteiger partial charge >= 0.3 is 0 Å². The maximum Gasteiger partial charge on any atom is 0.165 e. The lowest BCUT2D eigenvalue weighted by molar-refractivity contribution is 0.496. The standard InChI is InChI=1S/C14H17ClFN3/c1-9(2)6-11(17)13-7-18-8-19(13)12-5-3-4-10(15)14(12)16/h3-5,7-9,11H,6,17H2,1-2H3. The Balaban J connectivity index is 2.41. The molecule has 2 rings (SSSR count). The molecule has 0 aliphatic carbocycles. The largest absolute Gasteiger partial charge is 0.323 e. The average Bonchev–Trinajstić information content (AvgIpc) is 2.80. The predicted molar refractivity (Wildman–Crippen MR) is 74.9 cm³/mol. The normalized spacial score (nSPS) is 12.9. The predicted octanol–water partition coefficient (Wildman–Crippen LogP) is 3.71. The van der Waals surface area contributed by atoms with Crippen molar-refractivity contribution < 1.29 is 4.39 Å². The Hall–Kier alpha value is -1.39. The van der Waals surface area contributed by atoms with Gasteiger partial charge in [0.05, 0.1) is 28.9 Å². The van der Waals surface area contributed by atoms with E-state index in [0.717, 1.165) is 12.1 Å². The number of halogens is 2. The minimum atomic E-state index is -0.458. The van der Waals surface area contributed by atoms with Crippen LogP contribution >= 0.6 is 11.6 Å². The molecule has 0 spiro atoms. The summed E-state index contributed by atoms with van der Waals surface area (Å²) < 4.78 is 15.7. The molecule has 0 saturated heterocycles. The first-order chi connectivity index (χ1) is 9.00. The highest BCUT2D eigenvalue weighted by atomic mass is 35.5. The Morgan fingerprint density at radius 1 is 1.42 bits per heavy atom. The van der Waals surface area contributed by atoms with Crippen LogP contribution in [0.1, 0.15) is 32.0 Å². The third-order valence-corrected chi connectivity index (χ3v) is 3.26. The fraction of sp³-hybridized carbons (Fsp3) is 0.357. The molecule has 0 aliphatic rings. The molecule has 3 nitrogen and oxygen atoms in total. The van der Waals surface area contributed by atoms with Crippen molar-refractivity contribution in [2.24, 2.45) is 11.7 Å². The Morgan fingerprint density at radius 3 is 2.84 bits per heavy atom. The quantitative estimate of drug-likeness (QED) is 0.928. The zero-order chi connectivity index (χ0) is 14.0. The van der Waals surface area contributed by atoms with Gasteiger partial charge in [-0.1, -0.05) is 31.5 Å². The number of benzene rings is 1. The van der Waals surface area contributed by atoms with Crippen molar-refractivity contribution in [2.75, 3.05) is 0 Å². The van der Waals surface area contributed by atoms with Crippen LogP contribution < -0.4 is 5.73 Å². The zero-order valence-electron chi connectivity index (χ0n) is 11.0. The second kappa shape index (κ2) is 5.72. The second-order valence-corrected chi connectivity index (χ2v) is 5.40. The van der Waals surface area contributed by atoms with Crippen molar-refractivity contribution in [3.05, 3.63) is 47.3 Å². The van der Waals surface area contributed by atoms with Crippen LogP contribution in [0.5, 0.6) is 0 Å². The summed E-state index contributed by atoms with van der Waals surface area (Å²) in [7, 11) is 0. The highest BCUT2D eigenvalue weighted by molar-refractivity contribution is 6.30. The minimum absolute atomic E-state index is 0.0922. The lowest BCUT2D eigenvalue weighted by Gasteiger charge is -2.17. The molecule has 1 aromatic carbocycles. The fourth-order valence-corrected chi connectivity index (χ4v) is 2.26. The van der Waals surface area contributed by atoms with Gasteiger partial charge in [-0.05, 0) is 24.5 Å². The smallest absolute Gasteiger partial charge is 0.165 e. The molecule has 0 aliphatic heterocycles. The van der Waals surface area contributed by atoms with Crippen molar-refractivity contribution in [1.29, 1.82) is 0 Å². The molecule has 0 radical (unpaired) electrons. The Kier molecular flexibility index (Phi) is 4.22. The maximum absolute atomic E-state index is 14.0. The summed E-state index contributed by atoms with van der Waals surface area (Å²) in [6, 6.07) is 4.71. The SMILES string of the molecule is CC(C)CC(N)c1cncn1-c1cccc(Cl)c1F. The summed E-state index contributed by atoms with van der Waals surface area (Å²) in [5.74, 6) is 0.00252.